The molecule has 1 aromatic carbocycles. The van der Waals surface area contributed by atoms with Crippen molar-refractivity contribution in [2.24, 2.45) is 5.92 Å². The highest BCUT2D eigenvalue weighted by molar-refractivity contribution is 5.91. The summed E-state index contributed by atoms with van der Waals surface area (Å²) in [6.07, 6.45) is 8.48. The van der Waals surface area contributed by atoms with Crippen LogP contribution in [0.25, 0.3) is 11.3 Å². The lowest BCUT2D eigenvalue weighted by molar-refractivity contribution is -0.117. The molecule has 2 saturated heterocycles. The summed E-state index contributed by atoms with van der Waals surface area (Å²) in [5.74, 6) is 1.31. The number of aromatic nitrogens is 1. The monoisotopic (exact) mass is 311 g/mol. The van der Waals surface area contributed by atoms with E-state index in [9.17, 15) is 4.79 Å². The maximum Gasteiger partial charge on any atom is 0.224 e. The van der Waals surface area contributed by atoms with E-state index < -0.39 is 0 Å². The van der Waals surface area contributed by atoms with E-state index in [4.69, 9.17) is 4.42 Å². The van der Waals surface area contributed by atoms with Crippen molar-refractivity contribution in [1.29, 1.82) is 0 Å². The van der Waals surface area contributed by atoms with Crippen LogP contribution in [0, 0.1) is 5.92 Å². The molecule has 23 heavy (non-hydrogen) atoms. The highest BCUT2D eigenvalue weighted by Crippen LogP contribution is 2.33. The lowest BCUT2D eigenvalue weighted by Crippen LogP contribution is -2.39. The van der Waals surface area contributed by atoms with E-state index in [2.05, 4.69) is 15.6 Å². The first-order chi connectivity index (χ1) is 11.3. The molecule has 0 saturated carbocycles. The van der Waals surface area contributed by atoms with Crippen molar-refractivity contribution in [2.45, 2.75) is 44.2 Å². The highest BCUT2D eigenvalue weighted by atomic mass is 16.3. The summed E-state index contributed by atoms with van der Waals surface area (Å²) in [6, 6.07) is 8.94. The summed E-state index contributed by atoms with van der Waals surface area (Å²) in [5, 5.41) is 6.64. The van der Waals surface area contributed by atoms with Gasteiger partial charge in [0.1, 0.15) is 0 Å². The number of rotatable bonds is 4. The topological polar surface area (TPSA) is 67.2 Å². The van der Waals surface area contributed by atoms with Gasteiger partial charge in [-0.15, -0.1) is 0 Å². The number of carbonyl (C=O) groups excluding carboxylic acids is 1. The molecule has 2 fully saturated rings. The fourth-order valence-corrected chi connectivity index (χ4v) is 3.92. The van der Waals surface area contributed by atoms with Gasteiger partial charge in [0.05, 0.1) is 6.20 Å². The largest absolute Gasteiger partial charge is 0.444 e. The molecule has 1 aromatic heterocycles. The SMILES string of the molecule is O=C(CC1CC2CCC(C1)N2)Nc1cccc(-c2cnco2)c1. The third-order valence-corrected chi connectivity index (χ3v) is 4.91. The van der Waals surface area contributed by atoms with Crippen molar-refractivity contribution in [1.82, 2.24) is 10.3 Å². The van der Waals surface area contributed by atoms with Gasteiger partial charge in [-0.25, -0.2) is 4.98 Å². The van der Waals surface area contributed by atoms with Crippen LogP contribution in [0.3, 0.4) is 0 Å². The number of anilines is 1. The van der Waals surface area contributed by atoms with Gasteiger partial charge in [0, 0.05) is 29.8 Å². The van der Waals surface area contributed by atoms with Gasteiger partial charge < -0.3 is 15.1 Å². The summed E-state index contributed by atoms with van der Waals surface area (Å²) >= 11 is 0. The zero-order chi connectivity index (χ0) is 15.6. The Bertz CT molecular complexity index is 671. The number of fused-ring (bicyclic) bond motifs is 2. The first-order valence-electron chi connectivity index (χ1n) is 8.31. The molecule has 2 N–H and O–H groups in total. The standard InChI is InChI=1S/C18H21N3O2/c22-18(8-12-6-15-4-5-16(7-12)20-15)21-14-3-1-2-13(9-14)17-10-19-11-23-17/h1-3,9-12,15-16,20H,4-8H2,(H,21,22). The Kier molecular flexibility index (Phi) is 3.87. The van der Waals surface area contributed by atoms with Gasteiger partial charge >= 0.3 is 0 Å². The van der Waals surface area contributed by atoms with Crippen molar-refractivity contribution in [3.05, 3.63) is 36.9 Å². The predicted molar refractivity (Wildman–Crippen MR) is 87.9 cm³/mol. The molecule has 1 amide bonds. The second-order valence-electron chi connectivity index (χ2n) is 6.67. The average molecular weight is 311 g/mol. The molecule has 2 atom stereocenters. The molecule has 3 heterocycles. The number of hydrogen-bond acceptors (Lipinski definition) is 4. The lowest BCUT2D eigenvalue weighted by atomic mass is 9.89. The molecular formula is C18H21N3O2. The fraction of sp³-hybridized carbons (Fsp3) is 0.444. The van der Waals surface area contributed by atoms with E-state index in [1.54, 1.807) is 6.20 Å². The van der Waals surface area contributed by atoms with Gasteiger partial charge in [0.2, 0.25) is 5.91 Å². The molecule has 0 spiro atoms. The number of piperidine rings is 1. The molecule has 2 aliphatic heterocycles. The molecular weight excluding hydrogens is 290 g/mol. The zero-order valence-electron chi connectivity index (χ0n) is 13.0. The van der Waals surface area contributed by atoms with Crippen molar-refractivity contribution < 1.29 is 9.21 Å². The summed E-state index contributed by atoms with van der Waals surface area (Å²) in [5.41, 5.74) is 1.72. The molecule has 120 valence electrons. The van der Waals surface area contributed by atoms with Crippen LogP contribution >= 0.6 is 0 Å². The van der Waals surface area contributed by atoms with Crippen molar-refractivity contribution >= 4 is 11.6 Å². The highest BCUT2D eigenvalue weighted by Gasteiger charge is 2.34. The molecule has 0 radical (unpaired) electrons. The summed E-state index contributed by atoms with van der Waals surface area (Å²) in [4.78, 5) is 16.3. The molecule has 2 bridgehead atoms. The van der Waals surface area contributed by atoms with Crippen LogP contribution in [0.1, 0.15) is 32.1 Å². The van der Waals surface area contributed by atoms with Crippen molar-refractivity contribution in [2.75, 3.05) is 5.32 Å². The van der Waals surface area contributed by atoms with Gasteiger partial charge in [-0.3, -0.25) is 4.79 Å². The van der Waals surface area contributed by atoms with E-state index >= 15 is 0 Å². The Morgan fingerprint density at radius 3 is 2.87 bits per heavy atom. The normalized spacial score (nSPS) is 26.2. The summed E-state index contributed by atoms with van der Waals surface area (Å²) < 4.78 is 5.30. The quantitative estimate of drug-likeness (QED) is 0.910. The minimum atomic E-state index is 0.103. The Morgan fingerprint density at radius 2 is 2.13 bits per heavy atom. The van der Waals surface area contributed by atoms with Gasteiger partial charge in [0.15, 0.2) is 12.2 Å². The first kappa shape index (κ1) is 14.5. The fourth-order valence-electron chi connectivity index (χ4n) is 3.92. The second-order valence-corrected chi connectivity index (χ2v) is 6.67. The molecule has 2 aromatic rings. The maximum absolute atomic E-state index is 12.3. The Hall–Kier alpha value is -2.14. The van der Waals surface area contributed by atoms with Crippen LogP contribution < -0.4 is 10.6 Å². The minimum absolute atomic E-state index is 0.103. The van der Waals surface area contributed by atoms with Crippen LogP contribution in [0.4, 0.5) is 5.69 Å². The number of benzene rings is 1. The second kappa shape index (κ2) is 6.16. The van der Waals surface area contributed by atoms with Crippen LogP contribution in [0.15, 0.2) is 41.3 Å². The number of nitrogens with one attached hydrogen (secondary N) is 2. The van der Waals surface area contributed by atoms with Gasteiger partial charge in [0.25, 0.3) is 0 Å². The molecule has 4 rings (SSSR count). The third kappa shape index (κ3) is 3.29. The first-order valence-corrected chi connectivity index (χ1v) is 8.31. The maximum atomic E-state index is 12.3. The number of hydrogen-bond donors (Lipinski definition) is 2. The third-order valence-electron chi connectivity index (χ3n) is 4.91. The number of oxazole rings is 1. The molecule has 5 heteroatoms. The van der Waals surface area contributed by atoms with Crippen molar-refractivity contribution in [3.63, 3.8) is 0 Å². The predicted octanol–water partition coefficient (Wildman–Crippen LogP) is 3.20. The molecule has 2 aliphatic rings. The summed E-state index contributed by atoms with van der Waals surface area (Å²) in [7, 11) is 0. The van der Waals surface area contributed by atoms with E-state index in [1.165, 1.54) is 19.2 Å². The number of carbonyl (C=O) groups is 1. The van der Waals surface area contributed by atoms with E-state index in [0.29, 0.717) is 30.2 Å². The zero-order valence-corrected chi connectivity index (χ0v) is 13.0. The molecule has 2 unspecified atom stereocenters. The van der Waals surface area contributed by atoms with Crippen LogP contribution in [0.2, 0.25) is 0 Å². The Morgan fingerprint density at radius 1 is 1.30 bits per heavy atom. The van der Waals surface area contributed by atoms with Crippen LogP contribution in [-0.4, -0.2) is 23.0 Å². The number of nitrogens with zero attached hydrogens (tertiary/aromatic N) is 1. The van der Waals surface area contributed by atoms with Crippen LogP contribution in [-0.2, 0) is 4.79 Å². The van der Waals surface area contributed by atoms with Gasteiger partial charge in [-0.1, -0.05) is 12.1 Å². The van der Waals surface area contributed by atoms with Gasteiger partial charge in [-0.05, 0) is 43.7 Å². The van der Waals surface area contributed by atoms with E-state index in [-0.39, 0.29) is 5.91 Å². The van der Waals surface area contributed by atoms with Crippen LogP contribution in [0.5, 0.6) is 0 Å². The van der Waals surface area contributed by atoms with Gasteiger partial charge in [-0.2, -0.15) is 0 Å². The Labute approximate surface area is 135 Å². The molecule has 5 nitrogen and oxygen atoms in total. The smallest absolute Gasteiger partial charge is 0.224 e. The summed E-state index contributed by atoms with van der Waals surface area (Å²) in [6.45, 7) is 0. The molecule has 0 aliphatic carbocycles. The Balaban J connectivity index is 1.38. The van der Waals surface area contributed by atoms with Crippen molar-refractivity contribution in [3.8, 4) is 11.3 Å². The number of amides is 1. The van der Waals surface area contributed by atoms with E-state index in [0.717, 1.165) is 24.1 Å². The average Bonchev–Trinajstić information content (AvgIpc) is 3.17. The minimum Gasteiger partial charge on any atom is -0.444 e. The lowest BCUT2D eigenvalue weighted by Gasteiger charge is -2.28. The van der Waals surface area contributed by atoms with E-state index in [1.807, 2.05) is 24.3 Å².